The van der Waals surface area contributed by atoms with E-state index in [1.807, 2.05) is 11.8 Å². The summed E-state index contributed by atoms with van der Waals surface area (Å²) in [6.07, 6.45) is 1.96. The van der Waals surface area contributed by atoms with Crippen molar-refractivity contribution in [1.29, 1.82) is 0 Å². The summed E-state index contributed by atoms with van der Waals surface area (Å²) in [6, 6.07) is 3.09. The van der Waals surface area contributed by atoms with Gasteiger partial charge < -0.3 is 9.64 Å². The highest BCUT2D eigenvalue weighted by Crippen LogP contribution is 2.27. The highest BCUT2D eigenvalue weighted by atomic mass is 16.6. The molecule has 7 nitrogen and oxygen atoms in total. The van der Waals surface area contributed by atoms with Crippen LogP contribution >= 0.6 is 0 Å². The van der Waals surface area contributed by atoms with Crippen LogP contribution in [0.15, 0.2) is 18.3 Å². The Balaban J connectivity index is 2.05. The zero-order valence-corrected chi connectivity index (χ0v) is 11.5. The fourth-order valence-corrected chi connectivity index (χ4v) is 2.53. The number of esters is 1. The number of ether oxygens (including phenoxy) is 1. The summed E-state index contributed by atoms with van der Waals surface area (Å²) in [5, 5.41) is 10.6. The molecule has 0 unspecified atom stereocenters. The number of anilines is 1. The first-order valence-corrected chi connectivity index (χ1v) is 6.46. The lowest BCUT2D eigenvalue weighted by atomic mass is 9.87. The van der Waals surface area contributed by atoms with Gasteiger partial charge in [-0.05, 0) is 18.4 Å². The minimum absolute atomic E-state index is 0.0220. The molecule has 2 rings (SSSR count). The van der Waals surface area contributed by atoms with Gasteiger partial charge in [-0.1, -0.05) is 6.92 Å². The predicted octanol–water partition coefficient (Wildman–Crippen LogP) is 1.63. The highest BCUT2D eigenvalue weighted by molar-refractivity contribution is 5.73. The van der Waals surface area contributed by atoms with Crippen LogP contribution in [-0.4, -0.2) is 36.1 Å². The van der Waals surface area contributed by atoms with Crippen molar-refractivity contribution in [2.45, 2.75) is 13.3 Å². The summed E-state index contributed by atoms with van der Waals surface area (Å²) in [4.78, 5) is 27.9. The van der Waals surface area contributed by atoms with Crippen LogP contribution in [0.5, 0.6) is 0 Å². The normalized spacial score (nSPS) is 22.4. The van der Waals surface area contributed by atoms with Crippen LogP contribution in [0.3, 0.4) is 0 Å². The summed E-state index contributed by atoms with van der Waals surface area (Å²) in [5.41, 5.74) is -0.0220. The zero-order chi connectivity index (χ0) is 14.7. The van der Waals surface area contributed by atoms with Crippen LogP contribution in [0.4, 0.5) is 11.5 Å². The van der Waals surface area contributed by atoms with E-state index in [0.717, 1.165) is 0 Å². The Kier molecular flexibility index (Phi) is 4.16. The molecule has 0 aliphatic carbocycles. The first-order chi connectivity index (χ1) is 9.52. The molecule has 0 saturated carbocycles. The maximum atomic E-state index is 11.6. The summed E-state index contributed by atoms with van der Waals surface area (Å²) >= 11 is 0. The van der Waals surface area contributed by atoms with Crippen LogP contribution < -0.4 is 4.90 Å². The van der Waals surface area contributed by atoms with Crippen molar-refractivity contribution in [1.82, 2.24) is 4.98 Å². The van der Waals surface area contributed by atoms with Gasteiger partial charge in [0.1, 0.15) is 12.0 Å². The third-order valence-electron chi connectivity index (χ3n) is 3.68. The van der Waals surface area contributed by atoms with Gasteiger partial charge in [0, 0.05) is 19.2 Å². The number of nitro groups is 1. The van der Waals surface area contributed by atoms with Crippen molar-refractivity contribution >= 4 is 17.5 Å². The Morgan fingerprint density at radius 1 is 1.55 bits per heavy atom. The minimum Gasteiger partial charge on any atom is -0.469 e. The number of hydrogen-bond acceptors (Lipinski definition) is 6. The molecule has 2 atom stereocenters. The first-order valence-electron chi connectivity index (χ1n) is 6.46. The van der Waals surface area contributed by atoms with E-state index in [-0.39, 0.29) is 23.5 Å². The largest absolute Gasteiger partial charge is 0.469 e. The van der Waals surface area contributed by atoms with Gasteiger partial charge in [0.2, 0.25) is 0 Å². The van der Waals surface area contributed by atoms with Crippen LogP contribution in [0.1, 0.15) is 13.3 Å². The lowest BCUT2D eigenvalue weighted by molar-refractivity contribution is -0.385. The van der Waals surface area contributed by atoms with E-state index >= 15 is 0 Å². The van der Waals surface area contributed by atoms with E-state index in [2.05, 4.69) is 4.98 Å². The minimum atomic E-state index is -0.469. The molecule has 0 spiro atoms. The van der Waals surface area contributed by atoms with E-state index in [4.69, 9.17) is 4.74 Å². The Morgan fingerprint density at radius 3 is 2.80 bits per heavy atom. The number of rotatable bonds is 3. The topological polar surface area (TPSA) is 85.6 Å². The molecule has 20 heavy (non-hydrogen) atoms. The smallest absolute Gasteiger partial charge is 0.309 e. The number of nitrogens with zero attached hydrogens (tertiary/aromatic N) is 3. The molecule has 1 aromatic rings. The lowest BCUT2D eigenvalue weighted by Crippen LogP contribution is -2.42. The number of pyridine rings is 1. The average Bonchev–Trinajstić information content (AvgIpc) is 2.46. The monoisotopic (exact) mass is 279 g/mol. The molecule has 108 valence electrons. The standard InChI is InChI=1S/C13H17N3O4/c1-9-8-15(6-5-11(9)13(17)20-2)12-4-3-10(7-14-12)16(18)19/h3-4,7,9,11H,5-6,8H2,1-2H3/t9-,11-/m0/s1. The number of hydrogen-bond donors (Lipinski definition) is 0. The molecule has 0 radical (unpaired) electrons. The Labute approximate surface area is 116 Å². The van der Waals surface area contributed by atoms with Gasteiger partial charge in [-0.2, -0.15) is 0 Å². The predicted molar refractivity (Wildman–Crippen MR) is 72.4 cm³/mol. The van der Waals surface area contributed by atoms with E-state index < -0.39 is 4.92 Å². The van der Waals surface area contributed by atoms with Gasteiger partial charge in [0.25, 0.3) is 5.69 Å². The molecule has 1 aliphatic rings. The summed E-state index contributed by atoms with van der Waals surface area (Å²) in [5.74, 6) is 0.599. The van der Waals surface area contributed by atoms with Crippen molar-refractivity contribution in [3.63, 3.8) is 0 Å². The second kappa shape index (κ2) is 5.85. The van der Waals surface area contributed by atoms with E-state index in [1.165, 1.54) is 19.4 Å². The van der Waals surface area contributed by atoms with E-state index in [1.54, 1.807) is 6.07 Å². The second-order valence-electron chi connectivity index (χ2n) is 4.97. The molecule has 1 aliphatic heterocycles. The molecule has 0 N–H and O–H groups in total. The van der Waals surface area contributed by atoms with Gasteiger partial charge in [0.15, 0.2) is 0 Å². The third-order valence-corrected chi connectivity index (χ3v) is 3.68. The summed E-state index contributed by atoms with van der Waals surface area (Å²) in [7, 11) is 1.40. The van der Waals surface area contributed by atoms with Crippen molar-refractivity contribution in [3.8, 4) is 0 Å². The molecule has 1 fully saturated rings. The van der Waals surface area contributed by atoms with Crippen LogP contribution in [0.25, 0.3) is 0 Å². The number of carbonyl (C=O) groups is 1. The van der Waals surface area contributed by atoms with Gasteiger partial charge in [-0.15, -0.1) is 0 Å². The zero-order valence-electron chi connectivity index (χ0n) is 11.5. The Morgan fingerprint density at radius 2 is 2.30 bits per heavy atom. The number of carbonyl (C=O) groups excluding carboxylic acids is 1. The van der Waals surface area contributed by atoms with Crippen molar-refractivity contribution in [2.24, 2.45) is 11.8 Å². The van der Waals surface area contributed by atoms with Crippen LogP contribution in [0, 0.1) is 22.0 Å². The molecule has 1 aromatic heterocycles. The van der Waals surface area contributed by atoms with Gasteiger partial charge in [-0.3, -0.25) is 14.9 Å². The van der Waals surface area contributed by atoms with Crippen LogP contribution in [-0.2, 0) is 9.53 Å². The van der Waals surface area contributed by atoms with Gasteiger partial charge >= 0.3 is 5.97 Å². The molecular formula is C13H17N3O4. The Bertz CT molecular complexity index is 503. The quantitative estimate of drug-likeness (QED) is 0.475. The average molecular weight is 279 g/mol. The molecule has 7 heteroatoms. The highest BCUT2D eigenvalue weighted by Gasteiger charge is 2.32. The molecular weight excluding hydrogens is 262 g/mol. The number of piperidine rings is 1. The molecule has 0 bridgehead atoms. The van der Waals surface area contributed by atoms with Crippen molar-refractivity contribution in [2.75, 3.05) is 25.1 Å². The first kappa shape index (κ1) is 14.2. The SMILES string of the molecule is COC(=O)[C@H]1CCN(c2ccc([N+](=O)[O-])cn2)C[C@@H]1C. The fraction of sp³-hybridized carbons (Fsp3) is 0.538. The van der Waals surface area contributed by atoms with E-state index in [0.29, 0.717) is 25.3 Å². The fourth-order valence-electron chi connectivity index (χ4n) is 2.53. The molecule has 1 saturated heterocycles. The van der Waals surface area contributed by atoms with Crippen LogP contribution in [0.2, 0.25) is 0 Å². The van der Waals surface area contributed by atoms with E-state index in [9.17, 15) is 14.9 Å². The van der Waals surface area contributed by atoms with Gasteiger partial charge in [0.05, 0.1) is 18.0 Å². The molecule has 0 aromatic carbocycles. The third kappa shape index (κ3) is 2.87. The Hall–Kier alpha value is -2.18. The van der Waals surface area contributed by atoms with Crippen molar-refractivity contribution in [3.05, 3.63) is 28.4 Å². The summed E-state index contributed by atoms with van der Waals surface area (Å²) in [6.45, 7) is 3.37. The maximum absolute atomic E-state index is 11.6. The molecule has 0 amide bonds. The van der Waals surface area contributed by atoms with Gasteiger partial charge in [-0.25, -0.2) is 4.98 Å². The number of aromatic nitrogens is 1. The lowest BCUT2D eigenvalue weighted by Gasteiger charge is -2.36. The van der Waals surface area contributed by atoms with Crippen molar-refractivity contribution < 1.29 is 14.5 Å². The summed E-state index contributed by atoms with van der Waals surface area (Å²) < 4.78 is 4.80. The number of methoxy groups -OCH3 is 1. The maximum Gasteiger partial charge on any atom is 0.309 e. The molecule has 2 heterocycles. The second-order valence-corrected chi connectivity index (χ2v) is 4.97.